The maximum Gasteiger partial charge on any atom is 0.408 e. The topological polar surface area (TPSA) is 47.6 Å². The van der Waals surface area contributed by atoms with Crippen LogP contribution in [0.2, 0.25) is 0 Å². The van der Waals surface area contributed by atoms with E-state index in [9.17, 15) is 4.79 Å². The van der Waals surface area contributed by atoms with E-state index in [-0.39, 0.29) is 6.09 Å². The summed E-state index contributed by atoms with van der Waals surface area (Å²) in [6.45, 7) is 7.00. The third-order valence-electron chi connectivity index (χ3n) is 6.28. The molecule has 1 unspecified atom stereocenters. The van der Waals surface area contributed by atoms with Gasteiger partial charge in [0.05, 0.1) is 11.6 Å². The van der Waals surface area contributed by atoms with E-state index in [1.54, 1.807) is 0 Å². The molecule has 2 fully saturated rings. The van der Waals surface area contributed by atoms with Crippen LogP contribution in [-0.4, -0.2) is 18.8 Å². The minimum atomic E-state index is -0.463. The first-order valence-corrected chi connectivity index (χ1v) is 10.1. The van der Waals surface area contributed by atoms with Crippen LogP contribution in [0.25, 0.3) is 10.8 Å². The van der Waals surface area contributed by atoms with E-state index in [2.05, 4.69) is 55.6 Å². The second-order valence-electron chi connectivity index (χ2n) is 8.66. The molecule has 27 heavy (non-hydrogen) atoms. The Bertz CT molecular complexity index is 839. The number of cyclic esters (lactones) is 1. The molecular weight excluding hydrogens is 338 g/mol. The van der Waals surface area contributed by atoms with Crippen molar-refractivity contribution in [3.8, 4) is 5.75 Å². The van der Waals surface area contributed by atoms with Crippen LogP contribution in [0.1, 0.15) is 52.0 Å². The van der Waals surface area contributed by atoms with E-state index in [0.29, 0.717) is 12.7 Å². The lowest BCUT2D eigenvalue weighted by molar-refractivity contribution is 0.117. The van der Waals surface area contributed by atoms with Gasteiger partial charge in [-0.1, -0.05) is 32.0 Å². The first-order chi connectivity index (χ1) is 12.9. The van der Waals surface area contributed by atoms with Gasteiger partial charge in [-0.05, 0) is 79.0 Å². The van der Waals surface area contributed by atoms with Gasteiger partial charge in [-0.2, -0.15) is 0 Å². The lowest BCUT2D eigenvalue weighted by Gasteiger charge is -2.31. The standard InChI is InChI=1S/C23H29NO3/c1-15(2)16-5-9-20(10-6-16)27-21-11-7-17-12-19(8-4-18(17)13-21)23(3)14-26-22(25)24-23/h4,7-8,11-13,15-16,20H,5-6,9-10,14H2,1-3H3,(H,24,25). The van der Waals surface area contributed by atoms with Crippen LogP contribution in [0.5, 0.6) is 5.75 Å². The fraction of sp³-hybridized carbons (Fsp3) is 0.522. The van der Waals surface area contributed by atoms with E-state index < -0.39 is 5.54 Å². The predicted molar refractivity (Wildman–Crippen MR) is 107 cm³/mol. The number of hydrogen-bond donors (Lipinski definition) is 1. The van der Waals surface area contributed by atoms with Gasteiger partial charge in [0.15, 0.2) is 0 Å². The number of ether oxygens (including phenoxy) is 2. The van der Waals surface area contributed by atoms with E-state index in [1.165, 1.54) is 12.8 Å². The Kier molecular flexibility index (Phi) is 4.75. The number of fused-ring (bicyclic) bond motifs is 1. The molecule has 2 aliphatic rings. The Balaban J connectivity index is 1.47. The van der Waals surface area contributed by atoms with Gasteiger partial charge in [0, 0.05) is 0 Å². The van der Waals surface area contributed by atoms with Gasteiger partial charge in [-0.3, -0.25) is 0 Å². The first kappa shape index (κ1) is 18.1. The molecule has 4 nitrogen and oxygen atoms in total. The van der Waals surface area contributed by atoms with Crippen LogP contribution < -0.4 is 10.1 Å². The molecule has 0 bridgehead atoms. The SMILES string of the molecule is CC(C)C1CCC(Oc2ccc3cc(C4(C)COC(=O)N4)ccc3c2)CC1. The zero-order chi connectivity index (χ0) is 19.0. The zero-order valence-electron chi connectivity index (χ0n) is 16.5. The molecule has 1 aliphatic heterocycles. The van der Waals surface area contributed by atoms with Gasteiger partial charge in [0.1, 0.15) is 12.4 Å². The Hall–Kier alpha value is -2.23. The van der Waals surface area contributed by atoms with Gasteiger partial charge in [-0.15, -0.1) is 0 Å². The van der Waals surface area contributed by atoms with Gasteiger partial charge < -0.3 is 14.8 Å². The minimum absolute atomic E-state index is 0.335. The van der Waals surface area contributed by atoms with Gasteiger partial charge in [0.2, 0.25) is 0 Å². The molecule has 4 heteroatoms. The molecule has 0 aromatic heterocycles. The second kappa shape index (κ2) is 7.06. The average Bonchev–Trinajstić information content (AvgIpc) is 3.02. The quantitative estimate of drug-likeness (QED) is 0.788. The molecule has 0 radical (unpaired) electrons. The molecule has 1 atom stereocenters. The minimum Gasteiger partial charge on any atom is -0.490 e. The summed E-state index contributed by atoms with van der Waals surface area (Å²) in [5.41, 5.74) is 0.594. The highest BCUT2D eigenvalue weighted by Crippen LogP contribution is 2.33. The van der Waals surface area contributed by atoms with Crippen molar-refractivity contribution in [3.63, 3.8) is 0 Å². The lowest BCUT2D eigenvalue weighted by atomic mass is 9.80. The molecule has 1 heterocycles. The molecule has 2 aromatic rings. The van der Waals surface area contributed by atoms with Crippen molar-refractivity contribution in [2.24, 2.45) is 11.8 Å². The maximum absolute atomic E-state index is 11.4. The third-order valence-corrected chi connectivity index (χ3v) is 6.28. The lowest BCUT2D eigenvalue weighted by Crippen LogP contribution is -2.37. The highest BCUT2D eigenvalue weighted by Gasteiger charge is 2.36. The fourth-order valence-electron chi connectivity index (χ4n) is 4.37. The molecule has 1 amide bonds. The van der Waals surface area contributed by atoms with Crippen molar-refractivity contribution in [2.75, 3.05) is 6.61 Å². The molecule has 144 valence electrons. The molecule has 2 aromatic carbocycles. The van der Waals surface area contributed by atoms with E-state index in [1.807, 2.05) is 6.92 Å². The largest absolute Gasteiger partial charge is 0.490 e. The summed E-state index contributed by atoms with van der Waals surface area (Å²) in [6, 6.07) is 12.6. The first-order valence-electron chi connectivity index (χ1n) is 10.1. The van der Waals surface area contributed by atoms with Crippen LogP contribution in [0, 0.1) is 11.8 Å². The summed E-state index contributed by atoms with van der Waals surface area (Å²) in [4.78, 5) is 11.4. The summed E-state index contributed by atoms with van der Waals surface area (Å²) < 4.78 is 11.4. The molecular formula is C23H29NO3. The average molecular weight is 367 g/mol. The number of benzene rings is 2. The van der Waals surface area contributed by atoms with Crippen molar-refractivity contribution >= 4 is 16.9 Å². The van der Waals surface area contributed by atoms with Crippen molar-refractivity contribution in [1.82, 2.24) is 5.32 Å². The Morgan fingerprint density at radius 1 is 1.07 bits per heavy atom. The summed E-state index contributed by atoms with van der Waals surface area (Å²) in [5, 5.41) is 5.20. The number of carbonyl (C=O) groups excluding carboxylic acids is 1. The Morgan fingerprint density at radius 2 is 1.78 bits per heavy atom. The molecule has 0 spiro atoms. The van der Waals surface area contributed by atoms with Crippen LogP contribution >= 0.6 is 0 Å². The normalized spacial score (nSPS) is 28.2. The summed E-state index contributed by atoms with van der Waals surface area (Å²) >= 11 is 0. The molecule has 1 aliphatic carbocycles. The van der Waals surface area contributed by atoms with Crippen molar-refractivity contribution in [1.29, 1.82) is 0 Å². The van der Waals surface area contributed by atoms with Crippen LogP contribution in [0.4, 0.5) is 4.79 Å². The fourth-order valence-corrected chi connectivity index (χ4v) is 4.37. The number of hydrogen-bond acceptors (Lipinski definition) is 3. The highest BCUT2D eigenvalue weighted by molar-refractivity contribution is 5.85. The van der Waals surface area contributed by atoms with E-state index in [4.69, 9.17) is 9.47 Å². The molecule has 1 saturated carbocycles. The summed E-state index contributed by atoms with van der Waals surface area (Å²) in [6.07, 6.45) is 4.82. The van der Waals surface area contributed by atoms with Gasteiger partial charge in [0.25, 0.3) is 0 Å². The number of rotatable bonds is 4. The number of nitrogens with one attached hydrogen (secondary N) is 1. The number of alkyl carbamates (subject to hydrolysis) is 1. The smallest absolute Gasteiger partial charge is 0.408 e. The van der Waals surface area contributed by atoms with Crippen LogP contribution in [0.3, 0.4) is 0 Å². The number of amides is 1. The molecule has 1 N–H and O–H groups in total. The monoisotopic (exact) mass is 367 g/mol. The Morgan fingerprint density at radius 3 is 2.44 bits per heavy atom. The summed E-state index contributed by atoms with van der Waals surface area (Å²) in [5.74, 6) is 2.57. The molecule has 1 saturated heterocycles. The highest BCUT2D eigenvalue weighted by atomic mass is 16.6. The van der Waals surface area contributed by atoms with Crippen molar-refractivity contribution in [2.45, 2.75) is 58.1 Å². The van der Waals surface area contributed by atoms with E-state index >= 15 is 0 Å². The van der Waals surface area contributed by atoms with Crippen LogP contribution in [0.15, 0.2) is 36.4 Å². The van der Waals surface area contributed by atoms with Gasteiger partial charge >= 0.3 is 6.09 Å². The zero-order valence-corrected chi connectivity index (χ0v) is 16.5. The third kappa shape index (κ3) is 3.76. The van der Waals surface area contributed by atoms with Gasteiger partial charge in [-0.25, -0.2) is 4.79 Å². The Labute approximate surface area is 161 Å². The number of carbonyl (C=O) groups is 1. The molecule has 4 rings (SSSR count). The second-order valence-corrected chi connectivity index (χ2v) is 8.66. The van der Waals surface area contributed by atoms with Crippen LogP contribution in [-0.2, 0) is 10.3 Å². The maximum atomic E-state index is 11.4. The summed E-state index contributed by atoms with van der Waals surface area (Å²) in [7, 11) is 0. The van der Waals surface area contributed by atoms with Crippen molar-refractivity contribution in [3.05, 3.63) is 42.0 Å². The predicted octanol–water partition coefficient (Wildman–Crippen LogP) is 5.39. The van der Waals surface area contributed by atoms with Crippen molar-refractivity contribution < 1.29 is 14.3 Å². The van der Waals surface area contributed by atoms with E-state index in [0.717, 1.165) is 46.8 Å².